The zero-order valence-electron chi connectivity index (χ0n) is 8.32. The van der Waals surface area contributed by atoms with Crippen molar-refractivity contribution in [3.63, 3.8) is 0 Å². The summed E-state index contributed by atoms with van der Waals surface area (Å²) >= 11 is 16.5. The van der Waals surface area contributed by atoms with Gasteiger partial charge in [0.05, 0.1) is 8.95 Å². The summed E-state index contributed by atoms with van der Waals surface area (Å²) < 4.78 is 29.5. The first-order valence-electron chi connectivity index (χ1n) is 4.25. The number of halogens is 5. The normalized spacial score (nSPS) is 11.9. The number of sulfonamides is 1. The van der Waals surface area contributed by atoms with E-state index in [0.717, 1.165) is 4.47 Å². The lowest BCUT2D eigenvalue weighted by molar-refractivity contribution is 0.582. The molecule has 1 rings (SSSR count). The van der Waals surface area contributed by atoms with Crippen molar-refractivity contribution >= 4 is 89.7 Å². The molecule has 0 aliphatic heterocycles. The van der Waals surface area contributed by atoms with E-state index in [1.54, 1.807) is 6.92 Å². The Labute approximate surface area is 142 Å². The van der Waals surface area contributed by atoms with Crippen LogP contribution in [0.1, 0.15) is 6.92 Å². The monoisotopic (exact) mass is 575 g/mol. The Bertz CT molecular complexity index is 529. The molecular formula is C8H6Br5NO2S. The Morgan fingerprint density at radius 1 is 0.882 bits per heavy atom. The van der Waals surface area contributed by atoms with Crippen molar-refractivity contribution in [2.75, 3.05) is 6.54 Å². The predicted molar refractivity (Wildman–Crippen MR) is 85.8 cm³/mol. The number of hydrogen-bond acceptors (Lipinski definition) is 2. The summed E-state index contributed by atoms with van der Waals surface area (Å²) in [5.41, 5.74) is 0. The Morgan fingerprint density at radius 3 is 1.59 bits per heavy atom. The second-order valence-electron chi connectivity index (χ2n) is 2.90. The molecule has 0 radical (unpaired) electrons. The number of benzene rings is 1. The first-order chi connectivity index (χ1) is 7.74. The van der Waals surface area contributed by atoms with Crippen LogP contribution in [0.4, 0.5) is 0 Å². The maximum atomic E-state index is 12.1. The van der Waals surface area contributed by atoms with E-state index in [1.807, 2.05) is 0 Å². The summed E-state index contributed by atoms with van der Waals surface area (Å²) in [6.07, 6.45) is 0. The molecule has 96 valence electrons. The van der Waals surface area contributed by atoms with Gasteiger partial charge in [-0.25, -0.2) is 13.1 Å². The molecule has 0 aliphatic carbocycles. The van der Waals surface area contributed by atoms with E-state index >= 15 is 0 Å². The topological polar surface area (TPSA) is 46.2 Å². The fourth-order valence-electron chi connectivity index (χ4n) is 1.08. The van der Waals surface area contributed by atoms with Gasteiger partial charge in [-0.15, -0.1) is 0 Å². The van der Waals surface area contributed by atoms with E-state index in [0.29, 0.717) is 24.4 Å². The summed E-state index contributed by atoms with van der Waals surface area (Å²) in [5, 5.41) is 0. The number of hydrogen-bond donors (Lipinski definition) is 1. The van der Waals surface area contributed by atoms with E-state index in [-0.39, 0.29) is 4.90 Å². The fraction of sp³-hybridized carbons (Fsp3) is 0.250. The van der Waals surface area contributed by atoms with Gasteiger partial charge < -0.3 is 0 Å². The van der Waals surface area contributed by atoms with Crippen molar-refractivity contribution in [2.45, 2.75) is 11.8 Å². The summed E-state index contributed by atoms with van der Waals surface area (Å²) in [5.74, 6) is 0. The van der Waals surface area contributed by atoms with Crippen LogP contribution in [0.3, 0.4) is 0 Å². The Kier molecular flexibility index (Phi) is 6.17. The summed E-state index contributed by atoms with van der Waals surface area (Å²) in [6.45, 7) is 2.05. The van der Waals surface area contributed by atoms with E-state index < -0.39 is 10.0 Å². The molecular weight excluding hydrogens is 574 g/mol. The molecule has 0 fully saturated rings. The molecule has 0 atom stereocenters. The molecule has 0 aliphatic rings. The van der Waals surface area contributed by atoms with Gasteiger partial charge in [0, 0.05) is 20.0 Å². The molecule has 0 bridgehead atoms. The van der Waals surface area contributed by atoms with Gasteiger partial charge in [-0.1, -0.05) is 6.92 Å². The van der Waals surface area contributed by atoms with Gasteiger partial charge in [0.2, 0.25) is 10.0 Å². The highest BCUT2D eigenvalue weighted by molar-refractivity contribution is 9.15. The zero-order valence-corrected chi connectivity index (χ0v) is 17.1. The molecule has 0 heterocycles. The highest BCUT2D eigenvalue weighted by atomic mass is 79.9. The maximum Gasteiger partial charge on any atom is 0.242 e. The lowest BCUT2D eigenvalue weighted by Crippen LogP contribution is -2.24. The Hall–Kier alpha value is 1.53. The highest BCUT2D eigenvalue weighted by Gasteiger charge is 2.26. The van der Waals surface area contributed by atoms with Crippen molar-refractivity contribution < 1.29 is 8.42 Å². The van der Waals surface area contributed by atoms with Gasteiger partial charge in [-0.2, -0.15) is 0 Å². The van der Waals surface area contributed by atoms with Gasteiger partial charge in [0.15, 0.2) is 0 Å². The van der Waals surface area contributed by atoms with Crippen molar-refractivity contribution in [1.82, 2.24) is 4.72 Å². The quantitative estimate of drug-likeness (QED) is 0.413. The second kappa shape index (κ2) is 6.32. The number of nitrogens with one attached hydrogen (secondary N) is 1. The van der Waals surface area contributed by atoms with Gasteiger partial charge >= 0.3 is 0 Å². The van der Waals surface area contributed by atoms with Crippen LogP contribution in [0.15, 0.2) is 27.3 Å². The van der Waals surface area contributed by atoms with E-state index in [1.165, 1.54) is 0 Å². The van der Waals surface area contributed by atoms with Crippen molar-refractivity contribution in [3.05, 3.63) is 22.4 Å². The number of rotatable bonds is 3. The molecule has 0 spiro atoms. The minimum atomic E-state index is -3.56. The molecule has 1 aromatic carbocycles. The lowest BCUT2D eigenvalue weighted by Gasteiger charge is -2.14. The second-order valence-corrected chi connectivity index (χ2v) is 8.57. The molecule has 3 nitrogen and oxygen atoms in total. The van der Waals surface area contributed by atoms with Crippen LogP contribution in [-0.4, -0.2) is 15.0 Å². The Morgan fingerprint density at radius 2 is 1.24 bits per heavy atom. The highest BCUT2D eigenvalue weighted by Crippen LogP contribution is 2.46. The Balaban J connectivity index is 3.67. The molecule has 1 aromatic rings. The van der Waals surface area contributed by atoms with Gasteiger partial charge in [0.25, 0.3) is 0 Å². The summed E-state index contributed by atoms with van der Waals surface area (Å²) in [7, 11) is -3.56. The maximum absolute atomic E-state index is 12.1. The standard InChI is InChI=1S/C8H6Br5NO2S/c1-2-14-17(15,16)8-6(12)4(10)3(9)5(11)7(8)13/h14H,2H2,1H3. The molecule has 17 heavy (non-hydrogen) atoms. The lowest BCUT2D eigenvalue weighted by atomic mass is 10.4. The average Bonchev–Trinajstić information content (AvgIpc) is 2.23. The van der Waals surface area contributed by atoms with E-state index in [4.69, 9.17) is 0 Å². The van der Waals surface area contributed by atoms with Crippen LogP contribution in [-0.2, 0) is 10.0 Å². The predicted octanol–water partition coefficient (Wildman–Crippen LogP) is 4.80. The van der Waals surface area contributed by atoms with E-state index in [9.17, 15) is 8.42 Å². The van der Waals surface area contributed by atoms with Crippen molar-refractivity contribution in [2.24, 2.45) is 0 Å². The van der Waals surface area contributed by atoms with Crippen LogP contribution in [0.5, 0.6) is 0 Å². The third kappa shape index (κ3) is 3.35. The SMILES string of the molecule is CCNS(=O)(=O)c1c(Br)c(Br)c(Br)c(Br)c1Br. The molecule has 0 saturated heterocycles. The molecule has 1 N–H and O–H groups in total. The first kappa shape index (κ1) is 16.6. The fourth-order valence-corrected chi connectivity index (χ4v) is 6.87. The zero-order chi connectivity index (χ0) is 13.4. The molecule has 0 aromatic heterocycles. The third-order valence-corrected chi connectivity index (χ3v) is 10.0. The van der Waals surface area contributed by atoms with Gasteiger partial charge in [-0.3, -0.25) is 0 Å². The van der Waals surface area contributed by atoms with Crippen molar-refractivity contribution in [1.29, 1.82) is 0 Å². The summed E-state index contributed by atoms with van der Waals surface area (Å²) in [6, 6.07) is 0. The minimum Gasteiger partial charge on any atom is -0.211 e. The molecule has 0 amide bonds. The molecule has 9 heteroatoms. The van der Waals surface area contributed by atoms with Crippen molar-refractivity contribution in [3.8, 4) is 0 Å². The molecule has 0 unspecified atom stereocenters. The van der Waals surface area contributed by atoms with Gasteiger partial charge in [0.1, 0.15) is 4.90 Å². The largest absolute Gasteiger partial charge is 0.242 e. The van der Waals surface area contributed by atoms with Crippen LogP contribution in [0.25, 0.3) is 0 Å². The van der Waals surface area contributed by atoms with Crippen LogP contribution < -0.4 is 4.72 Å². The van der Waals surface area contributed by atoms with Gasteiger partial charge in [-0.05, 0) is 79.6 Å². The minimum absolute atomic E-state index is 0.154. The smallest absolute Gasteiger partial charge is 0.211 e. The first-order valence-corrected chi connectivity index (χ1v) is 9.70. The third-order valence-electron chi connectivity index (χ3n) is 1.77. The average molecular weight is 580 g/mol. The van der Waals surface area contributed by atoms with E-state index in [2.05, 4.69) is 84.4 Å². The molecule has 0 saturated carbocycles. The van der Waals surface area contributed by atoms with Crippen LogP contribution in [0.2, 0.25) is 0 Å². The van der Waals surface area contributed by atoms with Crippen LogP contribution in [0, 0.1) is 0 Å². The summed E-state index contributed by atoms with van der Waals surface area (Å²) in [4.78, 5) is 0.154. The van der Waals surface area contributed by atoms with Crippen LogP contribution >= 0.6 is 79.6 Å².